The summed E-state index contributed by atoms with van der Waals surface area (Å²) in [6, 6.07) is 67.3. The standard InChI is InChI=1S/C50H31N3S/c1-3-12-32(13-4-1)33-22-24-34(25-23-33)47-49-48(52-50(51-47)35-14-5-2-6-15-35)46-40(18-11-21-45(46)54-49)38-27-26-37-31-39(29-28-36(37)30-38)53-43-19-9-7-16-41(43)42-17-8-10-20-44(42)53/h1-31H. The fourth-order valence-corrected chi connectivity index (χ4v) is 9.21. The molecule has 0 N–H and O–H groups in total. The maximum Gasteiger partial charge on any atom is 0.160 e. The van der Waals surface area contributed by atoms with Crippen molar-refractivity contribution in [1.82, 2.24) is 14.5 Å². The molecule has 3 nitrogen and oxygen atoms in total. The highest BCUT2D eigenvalue weighted by molar-refractivity contribution is 7.26. The van der Waals surface area contributed by atoms with E-state index in [1.165, 1.54) is 64.9 Å². The van der Waals surface area contributed by atoms with Gasteiger partial charge in [0.05, 0.1) is 26.9 Å². The molecule has 11 aromatic rings. The van der Waals surface area contributed by atoms with E-state index in [-0.39, 0.29) is 0 Å². The van der Waals surface area contributed by atoms with E-state index in [4.69, 9.17) is 9.97 Å². The molecular weight excluding hydrogens is 675 g/mol. The van der Waals surface area contributed by atoms with E-state index in [0.717, 1.165) is 38.5 Å². The Bertz CT molecular complexity index is 3140. The molecular formula is C50H31N3S. The molecule has 0 radical (unpaired) electrons. The number of nitrogens with zero attached hydrogens (tertiary/aromatic N) is 3. The summed E-state index contributed by atoms with van der Waals surface area (Å²) in [7, 11) is 0. The molecule has 8 aromatic carbocycles. The van der Waals surface area contributed by atoms with Gasteiger partial charge in [-0.05, 0) is 69.4 Å². The van der Waals surface area contributed by atoms with Crippen LogP contribution in [0.15, 0.2) is 188 Å². The molecule has 0 aliphatic heterocycles. The van der Waals surface area contributed by atoms with E-state index < -0.39 is 0 Å². The Morgan fingerprint density at radius 2 is 1.02 bits per heavy atom. The smallest absolute Gasteiger partial charge is 0.160 e. The van der Waals surface area contributed by atoms with Gasteiger partial charge in [-0.25, -0.2) is 9.97 Å². The van der Waals surface area contributed by atoms with Crippen molar-refractivity contribution in [2.45, 2.75) is 0 Å². The lowest BCUT2D eigenvalue weighted by atomic mass is 9.97. The Hall–Kier alpha value is -6.88. The molecule has 11 rings (SSSR count). The third-order valence-corrected chi connectivity index (χ3v) is 11.8. The van der Waals surface area contributed by atoms with Gasteiger partial charge in [0, 0.05) is 37.7 Å². The van der Waals surface area contributed by atoms with E-state index in [2.05, 4.69) is 187 Å². The summed E-state index contributed by atoms with van der Waals surface area (Å²) in [4.78, 5) is 10.6. The zero-order valence-electron chi connectivity index (χ0n) is 29.1. The van der Waals surface area contributed by atoms with Crippen LogP contribution in [-0.4, -0.2) is 14.5 Å². The fraction of sp³-hybridized carbons (Fsp3) is 0. The number of thiophene rings is 1. The molecule has 0 atom stereocenters. The molecule has 0 saturated heterocycles. The van der Waals surface area contributed by atoms with Crippen molar-refractivity contribution < 1.29 is 0 Å². The van der Waals surface area contributed by atoms with E-state index in [1.54, 1.807) is 11.3 Å². The van der Waals surface area contributed by atoms with Crippen molar-refractivity contribution >= 4 is 64.2 Å². The first-order valence-corrected chi connectivity index (χ1v) is 19.1. The molecule has 0 amide bonds. The molecule has 0 aliphatic rings. The number of hydrogen-bond donors (Lipinski definition) is 0. The molecule has 4 heteroatoms. The Morgan fingerprint density at radius 1 is 0.426 bits per heavy atom. The van der Waals surface area contributed by atoms with Crippen LogP contribution in [0.25, 0.3) is 103 Å². The van der Waals surface area contributed by atoms with Gasteiger partial charge in [0.2, 0.25) is 0 Å². The number of benzene rings is 8. The van der Waals surface area contributed by atoms with Gasteiger partial charge >= 0.3 is 0 Å². The number of fused-ring (bicyclic) bond motifs is 7. The zero-order chi connectivity index (χ0) is 35.6. The fourth-order valence-electron chi connectivity index (χ4n) is 8.03. The Labute approximate surface area is 316 Å². The maximum absolute atomic E-state index is 5.32. The predicted molar refractivity (Wildman–Crippen MR) is 229 cm³/mol. The zero-order valence-corrected chi connectivity index (χ0v) is 30.0. The average molecular weight is 706 g/mol. The quantitative estimate of drug-likeness (QED) is 0.178. The predicted octanol–water partition coefficient (Wildman–Crippen LogP) is 13.8. The van der Waals surface area contributed by atoms with Crippen molar-refractivity contribution in [3.8, 4) is 50.6 Å². The van der Waals surface area contributed by atoms with Gasteiger partial charge in [-0.2, -0.15) is 0 Å². The van der Waals surface area contributed by atoms with Gasteiger partial charge in [0.15, 0.2) is 5.82 Å². The van der Waals surface area contributed by atoms with Crippen molar-refractivity contribution in [3.63, 3.8) is 0 Å². The topological polar surface area (TPSA) is 30.7 Å². The van der Waals surface area contributed by atoms with E-state index >= 15 is 0 Å². The Morgan fingerprint density at radius 3 is 1.76 bits per heavy atom. The molecule has 54 heavy (non-hydrogen) atoms. The highest BCUT2D eigenvalue weighted by Gasteiger charge is 2.20. The molecule has 0 aliphatic carbocycles. The summed E-state index contributed by atoms with van der Waals surface area (Å²) < 4.78 is 4.68. The molecule has 0 unspecified atom stereocenters. The minimum Gasteiger partial charge on any atom is -0.309 e. The molecule has 0 fully saturated rings. The van der Waals surface area contributed by atoms with Crippen LogP contribution in [0, 0.1) is 0 Å². The Kier molecular flexibility index (Phi) is 7.04. The summed E-state index contributed by atoms with van der Waals surface area (Å²) >= 11 is 1.77. The minimum atomic E-state index is 0.732. The largest absolute Gasteiger partial charge is 0.309 e. The van der Waals surface area contributed by atoms with E-state index in [0.29, 0.717) is 0 Å². The molecule has 0 bridgehead atoms. The van der Waals surface area contributed by atoms with Crippen LogP contribution >= 0.6 is 11.3 Å². The van der Waals surface area contributed by atoms with Crippen LogP contribution in [0.5, 0.6) is 0 Å². The van der Waals surface area contributed by atoms with Crippen molar-refractivity contribution in [2.75, 3.05) is 0 Å². The van der Waals surface area contributed by atoms with Crippen LogP contribution in [0.1, 0.15) is 0 Å². The van der Waals surface area contributed by atoms with Gasteiger partial charge in [-0.15, -0.1) is 11.3 Å². The van der Waals surface area contributed by atoms with Gasteiger partial charge in [-0.1, -0.05) is 152 Å². The van der Waals surface area contributed by atoms with Crippen molar-refractivity contribution in [2.24, 2.45) is 0 Å². The second kappa shape index (κ2) is 12.4. The first-order chi connectivity index (χ1) is 26.8. The number of para-hydroxylation sites is 2. The Balaban J connectivity index is 1.07. The molecule has 3 aromatic heterocycles. The number of aromatic nitrogens is 3. The van der Waals surface area contributed by atoms with Gasteiger partial charge in [0.1, 0.15) is 0 Å². The van der Waals surface area contributed by atoms with Crippen molar-refractivity contribution in [1.29, 1.82) is 0 Å². The summed E-state index contributed by atoms with van der Waals surface area (Å²) in [6.45, 7) is 0. The van der Waals surface area contributed by atoms with Crippen molar-refractivity contribution in [3.05, 3.63) is 188 Å². The third-order valence-electron chi connectivity index (χ3n) is 10.6. The summed E-state index contributed by atoms with van der Waals surface area (Å²) in [5, 5.41) is 6.11. The second-order valence-electron chi connectivity index (χ2n) is 13.8. The summed E-state index contributed by atoms with van der Waals surface area (Å²) in [5.74, 6) is 0.732. The molecule has 0 saturated carbocycles. The monoisotopic (exact) mass is 705 g/mol. The molecule has 3 heterocycles. The normalized spacial score (nSPS) is 11.7. The van der Waals surface area contributed by atoms with Gasteiger partial charge < -0.3 is 4.57 Å². The molecule has 0 spiro atoms. The van der Waals surface area contributed by atoms with Crippen LogP contribution in [0.2, 0.25) is 0 Å². The van der Waals surface area contributed by atoms with Crippen LogP contribution < -0.4 is 0 Å². The van der Waals surface area contributed by atoms with Gasteiger partial charge in [-0.3, -0.25) is 0 Å². The first-order valence-electron chi connectivity index (χ1n) is 18.2. The highest BCUT2D eigenvalue weighted by atomic mass is 32.1. The lowest BCUT2D eigenvalue weighted by Gasteiger charge is -2.11. The van der Waals surface area contributed by atoms with E-state index in [1.807, 2.05) is 6.07 Å². The van der Waals surface area contributed by atoms with Crippen LogP contribution in [0.4, 0.5) is 0 Å². The summed E-state index contributed by atoms with van der Waals surface area (Å²) in [5.41, 5.74) is 12.4. The van der Waals surface area contributed by atoms with Crippen LogP contribution in [0.3, 0.4) is 0 Å². The number of rotatable bonds is 5. The lowest BCUT2D eigenvalue weighted by Crippen LogP contribution is -1.94. The first kappa shape index (κ1) is 30.7. The SMILES string of the molecule is c1ccc(-c2ccc(-c3nc(-c4ccccc4)nc4c3sc3cccc(-c5ccc6cc(-n7c8ccccc8c8ccccc87)ccc6c5)c34)cc2)cc1. The third kappa shape index (κ3) is 4.96. The van der Waals surface area contributed by atoms with Gasteiger partial charge in [0.25, 0.3) is 0 Å². The molecule has 252 valence electrons. The second-order valence-corrected chi connectivity index (χ2v) is 14.8. The maximum atomic E-state index is 5.32. The lowest BCUT2D eigenvalue weighted by molar-refractivity contribution is 1.19. The number of hydrogen-bond acceptors (Lipinski definition) is 3. The minimum absolute atomic E-state index is 0.732. The van der Waals surface area contributed by atoms with E-state index in [9.17, 15) is 0 Å². The highest BCUT2D eigenvalue weighted by Crippen LogP contribution is 2.44. The van der Waals surface area contributed by atoms with Crippen LogP contribution in [-0.2, 0) is 0 Å². The summed E-state index contributed by atoms with van der Waals surface area (Å²) in [6.07, 6.45) is 0. The average Bonchev–Trinajstić information content (AvgIpc) is 3.80.